The summed E-state index contributed by atoms with van der Waals surface area (Å²) in [7, 11) is 5.82. The summed E-state index contributed by atoms with van der Waals surface area (Å²) in [6, 6.07) is 23.6. The standard InChI is InChI=1S/C21H12BBrIN3/c22-16-7-1-13(2-8-16)19-25-20(14-3-9-17(23)10-4-14)27-21(26-19)15-5-11-18(24)12-6-15/h1-12H. The van der Waals surface area contributed by atoms with Gasteiger partial charge in [0.15, 0.2) is 17.5 Å². The molecule has 27 heavy (non-hydrogen) atoms. The van der Waals surface area contributed by atoms with Gasteiger partial charge in [-0.2, -0.15) is 0 Å². The molecular formula is C21H12BBrIN3. The smallest absolute Gasteiger partial charge is 0.164 e. The predicted molar refractivity (Wildman–Crippen MR) is 122 cm³/mol. The minimum absolute atomic E-state index is 0.622. The molecule has 0 aliphatic rings. The van der Waals surface area contributed by atoms with Crippen molar-refractivity contribution in [3.63, 3.8) is 0 Å². The van der Waals surface area contributed by atoms with E-state index in [1.165, 1.54) is 0 Å². The van der Waals surface area contributed by atoms with Crippen LogP contribution in [0.2, 0.25) is 0 Å². The van der Waals surface area contributed by atoms with Gasteiger partial charge in [0.05, 0.1) is 0 Å². The Morgan fingerprint density at radius 2 is 0.963 bits per heavy atom. The first kappa shape index (κ1) is 18.3. The number of aromatic nitrogens is 3. The maximum Gasteiger partial charge on any atom is 0.164 e. The second-order valence-electron chi connectivity index (χ2n) is 5.94. The monoisotopic (exact) mass is 523 g/mol. The largest absolute Gasteiger partial charge is 0.208 e. The van der Waals surface area contributed by atoms with Crippen LogP contribution in [-0.4, -0.2) is 22.8 Å². The van der Waals surface area contributed by atoms with Gasteiger partial charge in [0.2, 0.25) is 0 Å². The van der Waals surface area contributed by atoms with Gasteiger partial charge in [0.25, 0.3) is 0 Å². The summed E-state index contributed by atoms with van der Waals surface area (Å²) in [5.41, 5.74) is 3.49. The molecule has 0 atom stereocenters. The average molecular weight is 524 g/mol. The molecule has 0 N–H and O–H groups in total. The van der Waals surface area contributed by atoms with Crippen LogP contribution in [0.25, 0.3) is 34.2 Å². The zero-order valence-electron chi connectivity index (χ0n) is 14.1. The summed E-state index contributed by atoms with van der Waals surface area (Å²) >= 11 is 5.75. The summed E-state index contributed by atoms with van der Waals surface area (Å²) in [4.78, 5) is 14.1. The van der Waals surface area contributed by atoms with E-state index in [9.17, 15) is 0 Å². The topological polar surface area (TPSA) is 38.7 Å². The number of hydrogen-bond acceptors (Lipinski definition) is 3. The third-order valence-corrected chi connectivity index (χ3v) is 5.26. The van der Waals surface area contributed by atoms with Gasteiger partial charge in [-0.15, -0.1) is 0 Å². The molecule has 1 aromatic heterocycles. The van der Waals surface area contributed by atoms with Gasteiger partial charge in [-0.05, 0) is 46.9 Å². The molecule has 0 amide bonds. The van der Waals surface area contributed by atoms with Crippen LogP contribution in [0.5, 0.6) is 0 Å². The summed E-state index contributed by atoms with van der Waals surface area (Å²) in [6.45, 7) is 0. The fourth-order valence-corrected chi connectivity index (χ4v) is 3.22. The molecule has 0 bridgehead atoms. The second-order valence-corrected chi connectivity index (χ2v) is 8.10. The zero-order valence-corrected chi connectivity index (χ0v) is 17.8. The Morgan fingerprint density at radius 3 is 1.41 bits per heavy atom. The molecular weight excluding hydrogens is 512 g/mol. The highest BCUT2D eigenvalue weighted by molar-refractivity contribution is 14.1. The van der Waals surface area contributed by atoms with Crippen LogP contribution in [0, 0.1) is 3.57 Å². The van der Waals surface area contributed by atoms with Crippen LogP contribution in [0.4, 0.5) is 0 Å². The Bertz CT molecular complexity index is 928. The SMILES string of the molecule is [B]c1ccc(-c2nc(-c3ccc(Br)cc3)nc(-c3ccc(I)cc3)n2)cc1. The van der Waals surface area contributed by atoms with Crippen LogP contribution in [0.3, 0.4) is 0 Å². The molecule has 0 fully saturated rings. The number of hydrogen-bond donors (Lipinski definition) is 0. The van der Waals surface area contributed by atoms with E-state index in [0.717, 1.165) is 24.7 Å². The lowest BCUT2D eigenvalue weighted by Gasteiger charge is -2.09. The third kappa shape index (κ3) is 4.27. The number of rotatable bonds is 3. The van der Waals surface area contributed by atoms with Crippen molar-refractivity contribution in [2.45, 2.75) is 0 Å². The van der Waals surface area contributed by atoms with Gasteiger partial charge in [-0.25, -0.2) is 15.0 Å². The lowest BCUT2D eigenvalue weighted by Crippen LogP contribution is -2.03. The predicted octanol–water partition coefficient (Wildman–Crippen LogP) is 5.03. The lowest BCUT2D eigenvalue weighted by molar-refractivity contribution is 1.07. The maximum absolute atomic E-state index is 5.82. The van der Waals surface area contributed by atoms with E-state index >= 15 is 0 Å². The first-order chi connectivity index (χ1) is 13.1. The molecule has 3 nitrogen and oxygen atoms in total. The van der Waals surface area contributed by atoms with E-state index in [1.807, 2.05) is 72.8 Å². The van der Waals surface area contributed by atoms with Crippen LogP contribution >= 0.6 is 38.5 Å². The molecule has 4 rings (SSSR count). The Hall–Kier alpha value is -2.06. The number of halogens is 2. The average Bonchev–Trinajstić information content (AvgIpc) is 2.69. The summed E-state index contributed by atoms with van der Waals surface area (Å²) < 4.78 is 2.18. The van der Waals surface area contributed by atoms with E-state index in [2.05, 4.69) is 38.5 Å². The van der Waals surface area contributed by atoms with Crippen molar-refractivity contribution in [1.82, 2.24) is 15.0 Å². The van der Waals surface area contributed by atoms with E-state index in [-0.39, 0.29) is 0 Å². The van der Waals surface area contributed by atoms with Crippen molar-refractivity contribution in [2.24, 2.45) is 0 Å². The van der Waals surface area contributed by atoms with E-state index in [1.54, 1.807) is 0 Å². The second kappa shape index (κ2) is 7.90. The molecule has 0 spiro atoms. The highest BCUT2D eigenvalue weighted by atomic mass is 127. The molecule has 0 aliphatic carbocycles. The Kier molecular flexibility index (Phi) is 5.36. The Morgan fingerprint density at radius 1 is 0.593 bits per heavy atom. The van der Waals surface area contributed by atoms with Crippen molar-refractivity contribution >= 4 is 51.8 Å². The highest BCUT2D eigenvalue weighted by Gasteiger charge is 2.12. The van der Waals surface area contributed by atoms with Gasteiger partial charge in [0, 0.05) is 24.7 Å². The van der Waals surface area contributed by atoms with Gasteiger partial charge in [-0.3, -0.25) is 0 Å². The fourth-order valence-electron chi connectivity index (χ4n) is 2.59. The number of benzene rings is 3. The van der Waals surface area contributed by atoms with E-state index in [4.69, 9.17) is 22.8 Å². The van der Waals surface area contributed by atoms with Crippen LogP contribution < -0.4 is 5.46 Å². The molecule has 2 radical (unpaired) electrons. The van der Waals surface area contributed by atoms with Crippen molar-refractivity contribution in [3.8, 4) is 34.2 Å². The van der Waals surface area contributed by atoms with Crippen LogP contribution in [-0.2, 0) is 0 Å². The summed E-state index contributed by atoms with van der Waals surface area (Å²) in [6.07, 6.45) is 0. The molecule has 128 valence electrons. The normalized spacial score (nSPS) is 10.7. The lowest BCUT2D eigenvalue weighted by atomic mass is 9.95. The molecule has 0 aliphatic heterocycles. The van der Waals surface area contributed by atoms with Gasteiger partial charge in [0.1, 0.15) is 7.85 Å². The number of nitrogens with zero attached hydrogens (tertiary/aromatic N) is 3. The summed E-state index contributed by atoms with van der Waals surface area (Å²) in [5.74, 6) is 1.90. The maximum atomic E-state index is 5.82. The summed E-state index contributed by atoms with van der Waals surface area (Å²) in [5, 5.41) is 0. The van der Waals surface area contributed by atoms with Crippen LogP contribution in [0.1, 0.15) is 0 Å². The first-order valence-corrected chi connectivity index (χ1v) is 10.1. The molecule has 0 saturated heterocycles. The molecule has 0 unspecified atom stereocenters. The van der Waals surface area contributed by atoms with Gasteiger partial charge >= 0.3 is 0 Å². The highest BCUT2D eigenvalue weighted by Crippen LogP contribution is 2.25. The van der Waals surface area contributed by atoms with Crippen molar-refractivity contribution < 1.29 is 0 Å². The van der Waals surface area contributed by atoms with E-state index in [0.29, 0.717) is 22.9 Å². The molecule has 4 aromatic rings. The fraction of sp³-hybridized carbons (Fsp3) is 0. The first-order valence-electron chi connectivity index (χ1n) is 8.22. The van der Waals surface area contributed by atoms with Crippen molar-refractivity contribution in [2.75, 3.05) is 0 Å². The van der Waals surface area contributed by atoms with Gasteiger partial charge in [-0.1, -0.05) is 69.9 Å². The quantitative estimate of drug-likeness (QED) is 0.279. The molecule has 0 saturated carbocycles. The Balaban J connectivity index is 1.89. The zero-order chi connectivity index (χ0) is 18.8. The molecule has 6 heteroatoms. The third-order valence-electron chi connectivity index (χ3n) is 4.01. The minimum Gasteiger partial charge on any atom is -0.208 e. The van der Waals surface area contributed by atoms with Gasteiger partial charge < -0.3 is 0 Å². The minimum atomic E-state index is 0.622. The van der Waals surface area contributed by atoms with Crippen molar-refractivity contribution in [1.29, 1.82) is 0 Å². The van der Waals surface area contributed by atoms with Crippen LogP contribution in [0.15, 0.2) is 77.3 Å². The molecule has 1 heterocycles. The molecule has 3 aromatic carbocycles. The Labute approximate surface area is 181 Å². The van der Waals surface area contributed by atoms with E-state index < -0.39 is 0 Å². The van der Waals surface area contributed by atoms with Crippen molar-refractivity contribution in [3.05, 3.63) is 80.8 Å².